The van der Waals surface area contributed by atoms with Gasteiger partial charge in [-0.05, 0) is 0 Å². The first-order chi connectivity index (χ1) is 10.4. The number of ether oxygens (including phenoxy) is 4. The number of hydrogen-bond donors (Lipinski definition) is 0. The summed E-state index contributed by atoms with van der Waals surface area (Å²) in [5.74, 6) is -0.196. The van der Waals surface area contributed by atoms with Crippen molar-refractivity contribution in [3.8, 4) is 0 Å². The van der Waals surface area contributed by atoms with Gasteiger partial charge in [0.2, 0.25) is 0 Å². The Labute approximate surface area is 134 Å². The third-order valence-corrected chi connectivity index (χ3v) is 8.02. The quantitative estimate of drug-likeness (QED) is 0.356. The third-order valence-electron chi connectivity index (χ3n) is 3.65. The van der Waals surface area contributed by atoms with Crippen LogP contribution in [0, 0.1) is 0 Å². The van der Waals surface area contributed by atoms with Gasteiger partial charge in [-0.2, -0.15) is 0 Å². The van der Waals surface area contributed by atoms with Crippen molar-refractivity contribution < 1.29 is 28.3 Å². The summed E-state index contributed by atoms with van der Waals surface area (Å²) in [6, 6.07) is 0. The van der Waals surface area contributed by atoms with Crippen LogP contribution < -0.4 is 0 Å². The topological polar surface area (TPSA) is 63.2 Å². The van der Waals surface area contributed by atoms with E-state index in [9.17, 15) is 4.79 Å². The summed E-state index contributed by atoms with van der Waals surface area (Å²) in [4.78, 5) is 12.0. The fourth-order valence-corrected chi connectivity index (χ4v) is 3.68. The molecule has 0 aliphatic carbocycles. The van der Waals surface area contributed by atoms with Crippen LogP contribution in [0.3, 0.4) is 0 Å². The molecule has 0 unspecified atom stereocenters. The molecular weight excluding hydrogens is 307 g/mol. The third kappa shape index (κ3) is 10.5. The molecule has 0 N–H and O–H groups in total. The molecule has 0 bridgehead atoms. The van der Waals surface area contributed by atoms with E-state index in [1.807, 2.05) is 0 Å². The van der Waals surface area contributed by atoms with Gasteiger partial charge in [-0.1, -0.05) is 0 Å². The van der Waals surface area contributed by atoms with Crippen molar-refractivity contribution in [1.29, 1.82) is 0 Å². The van der Waals surface area contributed by atoms with Crippen LogP contribution in [0.2, 0.25) is 0 Å². The van der Waals surface area contributed by atoms with E-state index >= 15 is 0 Å². The molecule has 22 heavy (non-hydrogen) atoms. The molecule has 0 spiro atoms. The van der Waals surface area contributed by atoms with E-state index in [-0.39, 0.29) is 12.4 Å². The standard InChI is InChI=1S/C15H33O6P/c1-6-22(4,5,14-13-20-12-10-18-3)21-15(16)7-8-19-11-9-17-2/h6-14H2,1-5H3. The fourth-order valence-electron chi connectivity index (χ4n) is 1.65. The number of carbonyl (C=O) groups is 1. The van der Waals surface area contributed by atoms with Crippen molar-refractivity contribution in [2.75, 3.05) is 79.5 Å². The van der Waals surface area contributed by atoms with Crippen molar-refractivity contribution >= 4 is 12.8 Å². The van der Waals surface area contributed by atoms with Crippen molar-refractivity contribution in [3.63, 3.8) is 0 Å². The zero-order valence-corrected chi connectivity index (χ0v) is 15.7. The van der Waals surface area contributed by atoms with Crippen molar-refractivity contribution in [1.82, 2.24) is 0 Å². The van der Waals surface area contributed by atoms with Gasteiger partial charge in [-0.3, -0.25) is 0 Å². The number of rotatable bonds is 14. The second-order valence-corrected chi connectivity index (χ2v) is 12.4. The maximum absolute atomic E-state index is 12.0. The summed E-state index contributed by atoms with van der Waals surface area (Å²) in [6.07, 6.45) is 1.88. The first kappa shape index (κ1) is 21.7. The molecule has 6 nitrogen and oxygen atoms in total. The molecule has 0 aliphatic heterocycles. The fraction of sp³-hybridized carbons (Fsp3) is 0.933. The van der Waals surface area contributed by atoms with Gasteiger partial charge >= 0.3 is 134 Å². The summed E-state index contributed by atoms with van der Waals surface area (Å²) in [7, 11) is 3.26. The summed E-state index contributed by atoms with van der Waals surface area (Å²) in [5, 5.41) is 0. The Morgan fingerprint density at radius 2 is 1.41 bits per heavy atom. The Morgan fingerprint density at radius 1 is 0.864 bits per heavy atom. The van der Waals surface area contributed by atoms with Gasteiger partial charge in [0, 0.05) is 0 Å². The predicted molar refractivity (Wildman–Crippen MR) is 90.3 cm³/mol. The molecule has 0 aromatic rings. The average Bonchev–Trinajstić information content (AvgIpc) is 2.47. The Morgan fingerprint density at radius 3 is 1.91 bits per heavy atom. The molecule has 0 fully saturated rings. The van der Waals surface area contributed by atoms with E-state index in [0.29, 0.717) is 39.6 Å². The van der Waals surface area contributed by atoms with Gasteiger partial charge in [0.05, 0.1) is 0 Å². The predicted octanol–water partition coefficient (Wildman–Crippen LogP) is 1.99. The molecule has 0 aromatic carbocycles. The van der Waals surface area contributed by atoms with E-state index in [0.717, 1.165) is 12.3 Å². The van der Waals surface area contributed by atoms with Crippen LogP contribution in [0.5, 0.6) is 0 Å². The molecule has 0 aromatic heterocycles. The van der Waals surface area contributed by atoms with Crippen LogP contribution >= 0.6 is 6.83 Å². The van der Waals surface area contributed by atoms with Crippen molar-refractivity contribution in [3.05, 3.63) is 0 Å². The summed E-state index contributed by atoms with van der Waals surface area (Å²) >= 11 is 0. The van der Waals surface area contributed by atoms with E-state index in [1.165, 1.54) is 0 Å². The normalized spacial score (nSPS) is 13.6. The molecule has 0 amide bonds. The average molecular weight is 340 g/mol. The molecule has 134 valence electrons. The summed E-state index contributed by atoms with van der Waals surface area (Å²) < 4.78 is 26.5. The minimum absolute atomic E-state index is 0.196. The van der Waals surface area contributed by atoms with Crippen LogP contribution in [0.1, 0.15) is 13.3 Å². The van der Waals surface area contributed by atoms with Crippen molar-refractivity contribution in [2.45, 2.75) is 13.3 Å². The molecule has 0 heterocycles. The molecule has 0 atom stereocenters. The van der Waals surface area contributed by atoms with E-state index < -0.39 is 6.83 Å². The first-order valence-electron chi connectivity index (χ1n) is 7.73. The summed E-state index contributed by atoms with van der Waals surface area (Å²) in [6.45, 7) is 6.84. The Balaban J connectivity index is 4.12. The number of hydrogen-bond acceptors (Lipinski definition) is 6. The molecular formula is C15H33O6P. The van der Waals surface area contributed by atoms with Gasteiger partial charge < -0.3 is 0 Å². The van der Waals surface area contributed by atoms with Crippen molar-refractivity contribution in [2.24, 2.45) is 0 Å². The van der Waals surface area contributed by atoms with Gasteiger partial charge in [0.25, 0.3) is 0 Å². The second kappa shape index (κ2) is 11.3. The van der Waals surface area contributed by atoms with Crippen LogP contribution in [0.4, 0.5) is 0 Å². The van der Waals surface area contributed by atoms with E-state index in [2.05, 4.69) is 20.3 Å². The SMILES string of the molecule is CCP(C)(C)(CCOCCOC)OC(=O)CCOCCOC. The van der Waals surface area contributed by atoms with Gasteiger partial charge in [-0.15, -0.1) is 0 Å². The minimum atomic E-state index is -2.49. The second-order valence-electron chi connectivity index (χ2n) is 6.02. The zero-order valence-electron chi connectivity index (χ0n) is 14.8. The molecule has 0 rings (SSSR count). The van der Waals surface area contributed by atoms with Crippen LogP contribution in [-0.2, 0) is 28.3 Å². The molecule has 0 aliphatic rings. The van der Waals surface area contributed by atoms with Gasteiger partial charge in [0.15, 0.2) is 0 Å². The summed E-state index contributed by atoms with van der Waals surface area (Å²) in [5.41, 5.74) is 0. The Kier molecular flexibility index (Phi) is 11.2. The Bertz CT molecular complexity index is 308. The monoisotopic (exact) mass is 340 g/mol. The number of carbonyl (C=O) groups excluding carboxylic acids is 1. The molecule has 0 saturated heterocycles. The maximum atomic E-state index is 12.0. The molecule has 0 radical (unpaired) electrons. The molecule has 7 heteroatoms. The first-order valence-corrected chi connectivity index (χ1v) is 11.1. The number of methoxy groups -OCH3 is 2. The molecule has 0 saturated carbocycles. The zero-order chi connectivity index (χ0) is 16.9. The van der Waals surface area contributed by atoms with Crippen LogP contribution in [-0.4, -0.2) is 85.5 Å². The van der Waals surface area contributed by atoms with E-state index in [4.69, 9.17) is 23.5 Å². The van der Waals surface area contributed by atoms with Crippen LogP contribution in [0.25, 0.3) is 0 Å². The van der Waals surface area contributed by atoms with Gasteiger partial charge in [0.1, 0.15) is 0 Å². The van der Waals surface area contributed by atoms with Crippen LogP contribution in [0.15, 0.2) is 0 Å². The van der Waals surface area contributed by atoms with E-state index in [1.54, 1.807) is 14.2 Å². The Hall–Kier alpha value is -0.260. The van der Waals surface area contributed by atoms with Gasteiger partial charge in [-0.25, -0.2) is 0 Å².